The number of carbonyl (C=O) groups is 2. The first-order valence-corrected chi connectivity index (χ1v) is 12.0. The van der Waals surface area contributed by atoms with Gasteiger partial charge in [-0.25, -0.2) is 4.79 Å². The van der Waals surface area contributed by atoms with Crippen LogP contribution in [0, 0.1) is 17.0 Å². The number of hydrogen-bond donors (Lipinski definition) is 4. The Morgan fingerprint density at radius 1 is 0.919 bits per heavy atom. The zero-order valence-electron chi connectivity index (χ0n) is 20.6. The lowest BCUT2D eigenvalue weighted by molar-refractivity contribution is -0.384. The third kappa shape index (κ3) is 8.93. The lowest BCUT2D eigenvalue weighted by Crippen LogP contribution is -2.45. The first-order chi connectivity index (χ1) is 17.8. The average Bonchev–Trinajstić information content (AvgIpc) is 2.89. The molecule has 0 bridgehead atoms. The summed E-state index contributed by atoms with van der Waals surface area (Å²) in [6.45, 7) is 2.72. The molecule has 0 aliphatic rings. The number of nitrogens with zero attached hydrogens (tertiary/aromatic N) is 1. The fourth-order valence-corrected chi connectivity index (χ4v) is 3.47. The number of anilines is 2. The van der Waals surface area contributed by atoms with Crippen LogP contribution in [-0.4, -0.2) is 29.4 Å². The first-order valence-electron chi connectivity index (χ1n) is 12.0. The van der Waals surface area contributed by atoms with E-state index in [-0.39, 0.29) is 18.2 Å². The molecule has 194 valence electrons. The van der Waals surface area contributed by atoms with Gasteiger partial charge in [-0.1, -0.05) is 17.7 Å². The Morgan fingerprint density at radius 3 is 2.16 bits per heavy atom. The molecule has 10 nitrogen and oxygen atoms in total. The minimum Gasteiger partial charge on any atom is -0.489 e. The summed E-state index contributed by atoms with van der Waals surface area (Å²) in [4.78, 5) is 35.8. The van der Waals surface area contributed by atoms with Crippen LogP contribution >= 0.6 is 0 Å². The molecule has 0 heterocycles. The summed E-state index contributed by atoms with van der Waals surface area (Å²) in [6.07, 6.45) is 1.90. The van der Waals surface area contributed by atoms with Crippen LogP contribution in [0.5, 0.6) is 5.75 Å². The van der Waals surface area contributed by atoms with E-state index < -0.39 is 17.0 Å². The largest absolute Gasteiger partial charge is 0.489 e. The van der Waals surface area contributed by atoms with E-state index in [1.165, 1.54) is 12.1 Å². The second-order valence-electron chi connectivity index (χ2n) is 8.53. The number of carbonyl (C=O) groups excluding carboxylic acids is 2. The molecule has 0 aliphatic heterocycles. The summed E-state index contributed by atoms with van der Waals surface area (Å²) < 4.78 is 5.71. The molecule has 0 radical (unpaired) electrons. The van der Waals surface area contributed by atoms with Crippen molar-refractivity contribution in [1.29, 1.82) is 0 Å². The predicted molar refractivity (Wildman–Crippen MR) is 143 cm³/mol. The van der Waals surface area contributed by atoms with Gasteiger partial charge in [0.15, 0.2) is 0 Å². The monoisotopic (exact) mass is 505 g/mol. The van der Waals surface area contributed by atoms with E-state index in [1.54, 1.807) is 36.4 Å². The van der Waals surface area contributed by atoms with Gasteiger partial charge in [0.1, 0.15) is 18.4 Å². The van der Waals surface area contributed by atoms with E-state index in [0.717, 1.165) is 17.5 Å². The van der Waals surface area contributed by atoms with Crippen molar-refractivity contribution in [2.24, 2.45) is 5.73 Å². The normalized spacial score (nSPS) is 11.3. The second kappa shape index (κ2) is 13.6. The lowest BCUT2D eigenvalue weighted by Gasteiger charge is -2.19. The molecule has 1 atom stereocenters. The Hall–Kier alpha value is -4.44. The number of rotatable bonds is 12. The number of nitro groups is 1. The number of urea groups is 1. The van der Waals surface area contributed by atoms with Gasteiger partial charge in [0.05, 0.1) is 4.92 Å². The molecule has 0 aliphatic carbocycles. The molecule has 37 heavy (non-hydrogen) atoms. The van der Waals surface area contributed by atoms with Crippen LogP contribution in [0.25, 0.3) is 0 Å². The van der Waals surface area contributed by atoms with Gasteiger partial charge < -0.3 is 26.4 Å². The smallest absolute Gasteiger partial charge is 0.319 e. The van der Waals surface area contributed by atoms with Crippen LogP contribution in [-0.2, 0) is 11.4 Å². The van der Waals surface area contributed by atoms with E-state index in [9.17, 15) is 19.7 Å². The van der Waals surface area contributed by atoms with Gasteiger partial charge >= 0.3 is 6.03 Å². The van der Waals surface area contributed by atoms with Crippen LogP contribution in [0.3, 0.4) is 0 Å². The fraction of sp³-hybridized carbons (Fsp3) is 0.259. The Labute approximate surface area is 215 Å². The minimum atomic E-state index is -0.725. The lowest BCUT2D eigenvalue weighted by atomic mass is 10.1. The van der Waals surface area contributed by atoms with Crippen molar-refractivity contribution in [2.75, 3.05) is 17.2 Å². The van der Waals surface area contributed by atoms with Crippen molar-refractivity contribution in [2.45, 2.75) is 38.8 Å². The molecule has 0 aromatic heterocycles. The Kier molecular flexibility index (Phi) is 9.98. The summed E-state index contributed by atoms with van der Waals surface area (Å²) in [5.74, 6) is 0.271. The van der Waals surface area contributed by atoms with Crippen molar-refractivity contribution >= 4 is 29.0 Å². The number of unbranched alkanes of at least 4 members (excludes halogenated alkanes) is 1. The number of ether oxygens (including phenoxy) is 1. The number of nitro benzene ring substituents is 1. The molecule has 0 spiro atoms. The number of aryl methyl sites for hydroxylation is 1. The highest BCUT2D eigenvalue weighted by Gasteiger charge is 2.20. The molecule has 0 saturated carbocycles. The standard InChI is InChI=1S/C27H31N5O5/c1-19-5-9-21(10-6-19)29-26(33)25(4-2-3-17-28)31-27(34)30-22-11-15-24(16-12-22)37-18-20-7-13-23(14-8-20)32(35)36/h5-16,25H,2-4,17-18,28H2,1H3,(H,29,33)(H2,30,31,34)/t25-/m0/s1. The first kappa shape index (κ1) is 27.2. The highest BCUT2D eigenvalue weighted by Crippen LogP contribution is 2.19. The van der Waals surface area contributed by atoms with Gasteiger partial charge in [-0.3, -0.25) is 14.9 Å². The van der Waals surface area contributed by atoms with E-state index in [2.05, 4.69) is 16.0 Å². The van der Waals surface area contributed by atoms with E-state index in [0.29, 0.717) is 36.5 Å². The van der Waals surface area contributed by atoms with Crippen molar-refractivity contribution in [3.8, 4) is 5.75 Å². The maximum atomic E-state index is 12.8. The van der Waals surface area contributed by atoms with Gasteiger partial charge in [0, 0.05) is 23.5 Å². The van der Waals surface area contributed by atoms with Gasteiger partial charge in [-0.05, 0) is 86.8 Å². The molecule has 3 amide bonds. The number of amides is 3. The quantitative estimate of drug-likeness (QED) is 0.159. The third-order valence-corrected chi connectivity index (χ3v) is 5.55. The summed E-state index contributed by atoms with van der Waals surface area (Å²) in [5, 5.41) is 19.1. The number of benzene rings is 3. The number of hydrogen-bond acceptors (Lipinski definition) is 6. The third-order valence-electron chi connectivity index (χ3n) is 5.55. The summed E-state index contributed by atoms with van der Waals surface area (Å²) in [6, 6.07) is 19.1. The zero-order valence-corrected chi connectivity index (χ0v) is 20.6. The fourth-order valence-electron chi connectivity index (χ4n) is 3.47. The highest BCUT2D eigenvalue weighted by molar-refractivity contribution is 5.99. The topological polar surface area (TPSA) is 149 Å². The van der Waals surface area contributed by atoms with Gasteiger partial charge in [0.25, 0.3) is 5.69 Å². The number of nitrogens with two attached hydrogens (primary N) is 1. The average molecular weight is 506 g/mol. The van der Waals surface area contributed by atoms with Crippen molar-refractivity contribution < 1.29 is 19.2 Å². The molecular weight excluding hydrogens is 474 g/mol. The number of non-ortho nitro benzene ring substituents is 1. The molecule has 0 unspecified atom stereocenters. The van der Waals surface area contributed by atoms with E-state index in [4.69, 9.17) is 10.5 Å². The number of nitrogens with one attached hydrogen (secondary N) is 3. The maximum Gasteiger partial charge on any atom is 0.319 e. The van der Waals surface area contributed by atoms with Gasteiger partial charge in [-0.15, -0.1) is 0 Å². The van der Waals surface area contributed by atoms with Crippen molar-refractivity contribution in [3.05, 3.63) is 94.0 Å². The van der Waals surface area contributed by atoms with Gasteiger partial charge in [0.2, 0.25) is 5.91 Å². The van der Waals surface area contributed by atoms with E-state index >= 15 is 0 Å². The Balaban J connectivity index is 1.53. The molecule has 0 fully saturated rings. The molecule has 0 saturated heterocycles. The van der Waals surface area contributed by atoms with Crippen LogP contribution in [0.15, 0.2) is 72.8 Å². The van der Waals surface area contributed by atoms with Crippen molar-refractivity contribution in [1.82, 2.24) is 5.32 Å². The minimum absolute atomic E-state index is 0.0201. The molecule has 3 rings (SSSR count). The molecule has 3 aromatic carbocycles. The zero-order chi connectivity index (χ0) is 26.6. The molecule has 10 heteroatoms. The second-order valence-corrected chi connectivity index (χ2v) is 8.53. The predicted octanol–water partition coefficient (Wildman–Crippen LogP) is 4.74. The molecule has 3 aromatic rings. The van der Waals surface area contributed by atoms with Crippen LogP contribution in [0.4, 0.5) is 21.9 Å². The highest BCUT2D eigenvalue weighted by atomic mass is 16.6. The maximum absolute atomic E-state index is 12.8. The van der Waals surface area contributed by atoms with E-state index in [1.807, 2.05) is 31.2 Å². The van der Waals surface area contributed by atoms with Crippen LogP contribution in [0.2, 0.25) is 0 Å². The van der Waals surface area contributed by atoms with Crippen LogP contribution in [0.1, 0.15) is 30.4 Å². The van der Waals surface area contributed by atoms with Crippen molar-refractivity contribution in [3.63, 3.8) is 0 Å². The summed E-state index contributed by atoms with van der Waals surface area (Å²) >= 11 is 0. The van der Waals surface area contributed by atoms with Gasteiger partial charge in [-0.2, -0.15) is 0 Å². The van der Waals surface area contributed by atoms with Crippen LogP contribution < -0.4 is 26.4 Å². The Morgan fingerprint density at radius 2 is 1.54 bits per heavy atom. The SMILES string of the molecule is Cc1ccc(NC(=O)[C@H](CCCCN)NC(=O)Nc2ccc(OCc3ccc([N+](=O)[O-])cc3)cc2)cc1. The molecule has 5 N–H and O–H groups in total. The summed E-state index contributed by atoms with van der Waals surface area (Å²) in [5.41, 5.74) is 8.66. The molecular formula is C27H31N5O5. The summed E-state index contributed by atoms with van der Waals surface area (Å²) in [7, 11) is 0. The Bertz CT molecular complexity index is 1180.